The van der Waals surface area contributed by atoms with Gasteiger partial charge in [-0.15, -0.1) is 0 Å². The SMILES string of the molecule is CC(=O)N1CCC(NC(=O)c2cc(F)cc(Cl)c2O)CC1. The minimum absolute atomic E-state index is 0.00864. The Morgan fingerprint density at radius 1 is 1.38 bits per heavy atom. The van der Waals surface area contributed by atoms with Crippen molar-refractivity contribution in [2.24, 2.45) is 0 Å². The number of benzene rings is 1. The second-order valence-corrected chi connectivity index (χ2v) is 5.44. The lowest BCUT2D eigenvalue weighted by molar-refractivity contribution is -0.129. The molecule has 1 aliphatic heterocycles. The number of hydrogen-bond donors (Lipinski definition) is 2. The normalized spacial score (nSPS) is 15.9. The predicted octanol–water partition coefficient (Wildman–Crippen LogP) is 1.93. The maximum Gasteiger partial charge on any atom is 0.255 e. The number of rotatable bonds is 2. The van der Waals surface area contributed by atoms with Gasteiger partial charge in [0.2, 0.25) is 5.91 Å². The van der Waals surface area contributed by atoms with E-state index in [1.165, 1.54) is 6.92 Å². The summed E-state index contributed by atoms with van der Waals surface area (Å²) in [6.07, 6.45) is 1.24. The summed E-state index contributed by atoms with van der Waals surface area (Å²) in [4.78, 5) is 25.0. The highest BCUT2D eigenvalue weighted by atomic mass is 35.5. The molecule has 0 saturated carbocycles. The Morgan fingerprint density at radius 2 is 2.00 bits per heavy atom. The summed E-state index contributed by atoms with van der Waals surface area (Å²) >= 11 is 5.65. The molecule has 0 radical (unpaired) electrons. The van der Waals surface area contributed by atoms with Crippen molar-refractivity contribution in [3.63, 3.8) is 0 Å². The molecule has 1 aromatic carbocycles. The van der Waals surface area contributed by atoms with Gasteiger partial charge in [-0.1, -0.05) is 11.6 Å². The summed E-state index contributed by atoms with van der Waals surface area (Å²) in [5.41, 5.74) is -0.186. The molecule has 2 N–H and O–H groups in total. The first kappa shape index (κ1) is 15.6. The molecular weight excluding hydrogens is 299 g/mol. The van der Waals surface area contributed by atoms with Crippen molar-refractivity contribution in [3.8, 4) is 5.75 Å². The van der Waals surface area contributed by atoms with Gasteiger partial charge >= 0.3 is 0 Å². The van der Waals surface area contributed by atoms with Crippen molar-refractivity contribution < 1.29 is 19.1 Å². The molecule has 21 heavy (non-hydrogen) atoms. The number of piperidine rings is 1. The van der Waals surface area contributed by atoms with Crippen molar-refractivity contribution in [2.45, 2.75) is 25.8 Å². The van der Waals surface area contributed by atoms with Crippen molar-refractivity contribution in [1.29, 1.82) is 0 Å². The molecule has 1 fully saturated rings. The fraction of sp³-hybridized carbons (Fsp3) is 0.429. The van der Waals surface area contributed by atoms with E-state index in [0.29, 0.717) is 25.9 Å². The summed E-state index contributed by atoms with van der Waals surface area (Å²) < 4.78 is 13.3. The maximum absolute atomic E-state index is 13.3. The number of likely N-dealkylation sites (tertiary alicyclic amines) is 1. The third-order valence-electron chi connectivity index (χ3n) is 3.55. The van der Waals surface area contributed by atoms with Crippen LogP contribution in [0.4, 0.5) is 4.39 Å². The first-order valence-electron chi connectivity index (χ1n) is 6.63. The molecule has 0 aliphatic carbocycles. The molecule has 0 aromatic heterocycles. The van der Waals surface area contributed by atoms with E-state index in [1.54, 1.807) is 4.90 Å². The van der Waals surface area contributed by atoms with Crippen LogP contribution in [0.3, 0.4) is 0 Å². The fourth-order valence-corrected chi connectivity index (χ4v) is 2.55. The van der Waals surface area contributed by atoms with E-state index in [9.17, 15) is 19.1 Å². The zero-order valence-corrected chi connectivity index (χ0v) is 12.3. The van der Waals surface area contributed by atoms with Crippen LogP contribution >= 0.6 is 11.6 Å². The number of nitrogens with zero attached hydrogens (tertiary/aromatic N) is 1. The van der Waals surface area contributed by atoms with Crippen LogP contribution < -0.4 is 5.32 Å². The Bertz CT molecular complexity index is 572. The number of phenols is 1. The van der Waals surface area contributed by atoms with E-state index >= 15 is 0 Å². The lowest BCUT2D eigenvalue weighted by Gasteiger charge is -2.31. The lowest BCUT2D eigenvalue weighted by Crippen LogP contribution is -2.46. The molecule has 0 atom stereocenters. The Morgan fingerprint density at radius 3 is 2.57 bits per heavy atom. The molecule has 2 amide bonds. The molecule has 7 heteroatoms. The van der Waals surface area contributed by atoms with E-state index in [2.05, 4.69) is 5.32 Å². The van der Waals surface area contributed by atoms with E-state index in [0.717, 1.165) is 12.1 Å². The average molecular weight is 315 g/mol. The molecule has 114 valence electrons. The molecule has 0 bridgehead atoms. The number of halogens is 2. The summed E-state index contributed by atoms with van der Waals surface area (Å²) in [5.74, 6) is -1.68. The zero-order chi connectivity index (χ0) is 15.6. The summed E-state index contributed by atoms with van der Waals surface area (Å²) in [6, 6.07) is 1.77. The first-order chi connectivity index (χ1) is 9.88. The van der Waals surface area contributed by atoms with Gasteiger partial charge < -0.3 is 15.3 Å². The Labute approximate surface area is 126 Å². The number of carbonyl (C=O) groups is 2. The van der Waals surface area contributed by atoms with Crippen molar-refractivity contribution in [1.82, 2.24) is 10.2 Å². The van der Waals surface area contributed by atoms with E-state index in [4.69, 9.17) is 11.6 Å². The molecule has 1 heterocycles. The van der Waals surface area contributed by atoms with Crippen molar-refractivity contribution in [3.05, 3.63) is 28.5 Å². The molecular formula is C14H16ClFN2O3. The third-order valence-corrected chi connectivity index (χ3v) is 3.84. The van der Waals surface area contributed by atoms with Crippen LogP contribution in [-0.2, 0) is 4.79 Å². The molecule has 1 aliphatic rings. The molecule has 1 saturated heterocycles. The quantitative estimate of drug-likeness (QED) is 0.876. The topological polar surface area (TPSA) is 69.6 Å². The van der Waals surface area contributed by atoms with Gasteiger partial charge in [0.1, 0.15) is 11.6 Å². The zero-order valence-electron chi connectivity index (χ0n) is 11.5. The molecule has 0 spiro atoms. The highest BCUT2D eigenvalue weighted by Gasteiger charge is 2.24. The number of hydrogen-bond acceptors (Lipinski definition) is 3. The molecule has 1 aromatic rings. The highest BCUT2D eigenvalue weighted by Crippen LogP contribution is 2.28. The summed E-state index contributed by atoms with van der Waals surface area (Å²) in [7, 11) is 0. The van der Waals surface area contributed by atoms with Crippen LogP contribution in [0, 0.1) is 5.82 Å². The van der Waals surface area contributed by atoms with Crippen LogP contribution in [0.1, 0.15) is 30.1 Å². The average Bonchev–Trinajstić information content (AvgIpc) is 2.43. The Hall–Kier alpha value is -1.82. The van der Waals surface area contributed by atoms with Gasteiger partial charge in [0.25, 0.3) is 5.91 Å². The molecule has 0 unspecified atom stereocenters. The van der Waals surface area contributed by atoms with E-state index < -0.39 is 17.5 Å². The second-order valence-electron chi connectivity index (χ2n) is 5.04. The van der Waals surface area contributed by atoms with Gasteiger partial charge in [0.05, 0.1) is 10.6 Å². The Balaban J connectivity index is 2.01. The standard InChI is InChI=1S/C14H16ClFN2O3/c1-8(19)18-4-2-10(3-5-18)17-14(21)11-6-9(16)7-12(15)13(11)20/h6-7,10,20H,2-5H2,1H3,(H,17,21). The van der Waals surface area contributed by atoms with Gasteiger partial charge in [-0.05, 0) is 25.0 Å². The van der Waals surface area contributed by atoms with E-state index in [1.807, 2.05) is 0 Å². The maximum atomic E-state index is 13.3. The summed E-state index contributed by atoms with van der Waals surface area (Å²) in [5, 5.41) is 12.2. The first-order valence-corrected chi connectivity index (χ1v) is 7.00. The number of aromatic hydroxyl groups is 1. The summed E-state index contributed by atoms with van der Waals surface area (Å²) in [6.45, 7) is 2.64. The number of amides is 2. The minimum Gasteiger partial charge on any atom is -0.506 e. The van der Waals surface area contributed by atoms with Gasteiger partial charge in [-0.25, -0.2) is 4.39 Å². The predicted molar refractivity (Wildman–Crippen MR) is 75.8 cm³/mol. The van der Waals surface area contributed by atoms with Gasteiger partial charge in [0, 0.05) is 26.1 Å². The number of phenolic OH excluding ortho intramolecular Hbond substituents is 1. The molecule has 2 rings (SSSR count). The largest absolute Gasteiger partial charge is 0.506 e. The third kappa shape index (κ3) is 3.64. The number of carbonyl (C=O) groups excluding carboxylic acids is 2. The van der Waals surface area contributed by atoms with Crippen LogP contribution in [-0.4, -0.2) is 41.0 Å². The minimum atomic E-state index is -0.686. The second kappa shape index (κ2) is 6.30. The van der Waals surface area contributed by atoms with Crippen molar-refractivity contribution >= 4 is 23.4 Å². The van der Waals surface area contributed by atoms with Crippen molar-refractivity contribution in [2.75, 3.05) is 13.1 Å². The van der Waals surface area contributed by atoms with Crippen LogP contribution in [0.2, 0.25) is 5.02 Å². The lowest BCUT2D eigenvalue weighted by atomic mass is 10.0. The van der Waals surface area contributed by atoms with Gasteiger partial charge in [-0.3, -0.25) is 9.59 Å². The van der Waals surface area contributed by atoms with Crippen LogP contribution in [0.15, 0.2) is 12.1 Å². The molecule has 5 nitrogen and oxygen atoms in total. The van der Waals surface area contributed by atoms with Gasteiger partial charge in [0.15, 0.2) is 0 Å². The van der Waals surface area contributed by atoms with E-state index in [-0.39, 0.29) is 22.5 Å². The number of nitrogens with one attached hydrogen (secondary N) is 1. The fourth-order valence-electron chi connectivity index (χ4n) is 2.34. The Kier molecular flexibility index (Phi) is 4.67. The van der Waals surface area contributed by atoms with Crippen LogP contribution in [0.5, 0.6) is 5.75 Å². The smallest absolute Gasteiger partial charge is 0.255 e. The monoisotopic (exact) mass is 314 g/mol. The van der Waals surface area contributed by atoms with Gasteiger partial charge in [-0.2, -0.15) is 0 Å². The van der Waals surface area contributed by atoms with Crippen LogP contribution in [0.25, 0.3) is 0 Å². The highest BCUT2D eigenvalue weighted by molar-refractivity contribution is 6.32.